The smallest absolute Gasteiger partial charge is 0.336 e. The molecule has 7 heteroatoms. The Morgan fingerprint density at radius 1 is 1.21 bits per heavy atom. The number of methoxy groups -OCH3 is 1. The number of esters is 2. The Bertz CT molecular complexity index is 880. The molecule has 0 saturated carbocycles. The number of carbonyl (C=O) groups excluding carboxylic acids is 2. The summed E-state index contributed by atoms with van der Waals surface area (Å²) in [6.45, 7) is 7.71. The normalized spacial score (nSPS) is 18.0. The summed E-state index contributed by atoms with van der Waals surface area (Å²) in [6.07, 6.45) is 4.43. The molecule has 0 aliphatic heterocycles. The number of hydrogen-bond donors (Lipinski definition) is 0. The van der Waals surface area contributed by atoms with Gasteiger partial charge in [0, 0.05) is 0 Å². The van der Waals surface area contributed by atoms with Crippen LogP contribution in [0, 0.1) is 12.8 Å². The van der Waals surface area contributed by atoms with Crippen LogP contribution in [0.25, 0.3) is 0 Å². The van der Waals surface area contributed by atoms with Crippen LogP contribution in [0.5, 0.6) is 0 Å². The topological polar surface area (TPSA) is 86.7 Å². The van der Waals surface area contributed by atoms with Crippen LogP contribution in [-0.4, -0.2) is 39.3 Å². The lowest BCUT2D eigenvalue weighted by molar-refractivity contribution is -0.151. The molecule has 1 aromatic carbocycles. The first-order valence-electron chi connectivity index (χ1n) is 9.05. The van der Waals surface area contributed by atoms with Gasteiger partial charge in [0.2, 0.25) is 9.84 Å². The molecule has 28 heavy (non-hydrogen) atoms. The minimum absolute atomic E-state index is 0.0430. The number of benzene rings is 1. The first-order valence-corrected chi connectivity index (χ1v) is 10.6. The summed E-state index contributed by atoms with van der Waals surface area (Å²) in [7, 11) is -3.25. The SMILES string of the molecule is C=C(C)[C@@H]1CC=C(COC(=O)C(C(=O)OC)S(=O)(=O)c2ccc(C)cc2)CC1. The van der Waals surface area contributed by atoms with Gasteiger partial charge in [-0.3, -0.25) is 4.79 Å². The van der Waals surface area contributed by atoms with Gasteiger partial charge in [0.05, 0.1) is 12.0 Å². The third kappa shape index (κ3) is 5.10. The van der Waals surface area contributed by atoms with E-state index in [-0.39, 0.29) is 11.5 Å². The average Bonchev–Trinajstić information content (AvgIpc) is 2.66. The van der Waals surface area contributed by atoms with Crippen LogP contribution in [0.4, 0.5) is 0 Å². The third-order valence-corrected chi connectivity index (χ3v) is 6.83. The van der Waals surface area contributed by atoms with Crippen molar-refractivity contribution < 1.29 is 27.5 Å². The fourth-order valence-corrected chi connectivity index (χ4v) is 4.49. The molecule has 0 heterocycles. The van der Waals surface area contributed by atoms with Crippen LogP contribution in [0.2, 0.25) is 0 Å². The van der Waals surface area contributed by atoms with E-state index in [4.69, 9.17) is 4.74 Å². The molecule has 6 nitrogen and oxygen atoms in total. The Balaban J connectivity index is 2.15. The molecule has 1 unspecified atom stereocenters. The standard InChI is InChI=1S/C21H26O6S/c1-14(2)17-9-7-16(8-10-17)13-27-21(23)19(20(22)26-4)28(24,25)18-11-5-15(3)6-12-18/h5-7,11-12,17,19H,1,8-10,13H2,2-4H3/t17-,19?/m1/s1. The predicted molar refractivity (Wildman–Crippen MR) is 105 cm³/mol. The van der Waals surface area contributed by atoms with Crippen molar-refractivity contribution in [2.75, 3.05) is 13.7 Å². The van der Waals surface area contributed by atoms with Gasteiger partial charge in [-0.15, -0.1) is 0 Å². The van der Waals surface area contributed by atoms with Gasteiger partial charge >= 0.3 is 11.9 Å². The zero-order valence-corrected chi connectivity index (χ0v) is 17.3. The molecule has 152 valence electrons. The summed E-state index contributed by atoms with van der Waals surface area (Å²) in [5.41, 5.74) is 2.87. The lowest BCUT2D eigenvalue weighted by Crippen LogP contribution is -2.40. The molecule has 0 radical (unpaired) electrons. The number of carbonyl (C=O) groups is 2. The molecule has 1 aromatic rings. The number of allylic oxidation sites excluding steroid dienone is 2. The highest BCUT2D eigenvalue weighted by molar-refractivity contribution is 7.93. The maximum Gasteiger partial charge on any atom is 0.336 e. The monoisotopic (exact) mass is 406 g/mol. The van der Waals surface area contributed by atoms with Crippen molar-refractivity contribution in [1.82, 2.24) is 0 Å². The molecule has 0 bridgehead atoms. The molecule has 0 aromatic heterocycles. The van der Waals surface area contributed by atoms with Crippen LogP contribution in [-0.2, 0) is 28.9 Å². The van der Waals surface area contributed by atoms with Gasteiger partial charge in [0.1, 0.15) is 6.61 Å². The van der Waals surface area contributed by atoms with Gasteiger partial charge in [0.25, 0.3) is 5.25 Å². The van der Waals surface area contributed by atoms with Crippen LogP contribution < -0.4 is 0 Å². The van der Waals surface area contributed by atoms with Crippen LogP contribution in [0.15, 0.2) is 53.0 Å². The van der Waals surface area contributed by atoms with Gasteiger partial charge in [-0.1, -0.05) is 35.9 Å². The molecule has 1 aliphatic rings. The van der Waals surface area contributed by atoms with E-state index in [0.717, 1.165) is 43.1 Å². The second kappa shape index (κ2) is 9.19. The average molecular weight is 407 g/mol. The van der Waals surface area contributed by atoms with Crippen molar-refractivity contribution in [3.63, 3.8) is 0 Å². The lowest BCUT2D eigenvalue weighted by atomic mass is 9.86. The van der Waals surface area contributed by atoms with Crippen molar-refractivity contribution in [2.24, 2.45) is 5.92 Å². The Hall–Kier alpha value is -2.41. The highest BCUT2D eigenvalue weighted by Crippen LogP contribution is 2.28. The molecule has 0 amide bonds. The molecule has 0 spiro atoms. The van der Waals surface area contributed by atoms with Gasteiger partial charge in [-0.05, 0) is 56.7 Å². The van der Waals surface area contributed by atoms with Crippen molar-refractivity contribution in [2.45, 2.75) is 43.3 Å². The van der Waals surface area contributed by atoms with Crippen molar-refractivity contribution in [3.05, 3.63) is 53.6 Å². The summed E-state index contributed by atoms with van der Waals surface area (Å²) in [5.74, 6) is -1.88. The third-order valence-electron chi connectivity index (χ3n) is 4.89. The Kier molecular flexibility index (Phi) is 7.18. The zero-order valence-electron chi connectivity index (χ0n) is 16.4. The van der Waals surface area contributed by atoms with E-state index < -0.39 is 27.0 Å². The fourth-order valence-electron chi connectivity index (χ4n) is 3.03. The first kappa shape index (κ1) is 21.9. The van der Waals surface area contributed by atoms with E-state index in [2.05, 4.69) is 11.3 Å². The summed E-state index contributed by atoms with van der Waals surface area (Å²) in [5, 5.41) is -2.05. The van der Waals surface area contributed by atoms with Crippen LogP contribution >= 0.6 is 0 Å². The van der Waals surface area contributed by atoms with Crippen LogP contribution in [0.1, 0.15) is 31.7 Å². The molecule has 0 saturated heterocycles. The zero-order chi connectivity index (χ0) is 20.9. The highest BCUT2D eigenvalue weighted by Gasteiger charge is 2.43. The van der Waals surface area contributed by atoms with E-state index in [1.165, 1.54) is 12.1 Å². The Morgan fingerprint density at radius 3 is 2.36 bits per heavy atom. The minimum Gasteiger partial charge on any atom is -0.468 e. The Morgan fingerprint density at radius 2 is 1.86 bits per heavy atom. The second-order valence-electron chi connectivity index (χ2n) is 7.05. The predicted octanol–water partition coefficient (Wildman–Crippen LogP) is 3.16. The van der Waals surface area contributed by atoms with Gasteiger partial charge in [0.15, 0.2) is 0 Å². The second-order valence-corrected chi connectivity index (χ2v) is 9.08. The molecule has 2 rings (SSSR count). The minimum atomic E-state index is -4.28. The molecule has 0 N–H and O–H groups in total. The summed E-state index contributed by atoms with van der Waals surface area (Å²) < 4.78 is 35.4. The highest BCUT2D eigenvalue weighted by atomic mass is 32.2. The van der Waals surface area contributed by atoms with Gasteiger partial charge < -0.3 is 9.47 Å². The van der Waals surface area contributed by atoms with Gasteiger partial charge in [-0.25, -0.2) is 13.2 Å². The molecular weight excluding hydrogens is 380 g/mol. The number of aryl methyl sites for hydroxylation is 1. The molecule has 1 aliphatic carbocycles. The quantitative estimate of drug-likeness (QED) is 0.393. The molecule has 0 fully saturated rings. The number of hydrogen-bond acceptors (Lipinski definition) is 6. The molecule has 2 atom stereocenters. The Labute approximate surface area is 166 Å². The van der Waals surface area contributed by atoms with E-state index in [0.29, 0.717) is 5.92 Å². The lowest BCUT2D eigenvalue weighted by Gasteiger charge is -2.22. The fraction of sp³-hybridized carbons (Fsp3) is 0.429. The number of ether oxygens (including phenoxy) is 2. The summed E-state index contributed by atoms with van der Waals surface area (Å²) in [4.78, 5) is 24.5. The van der Waals surface area contributed by atoms with Crippen molar-refractivity contribution in [1.29, 1.82) is 0 Å². The van der Waals surface area contributed by atoms with Gasteiger partial charge in [-0.2, -0.15) is 0 Å². The summed E-state index contributed by atoms with van der Waals surface area (Å²) in [6, 6.07) is 5.90. The van der Waals surface area contributed by atoms with Crippen LogP contribution in [0.3, 0.4) is 0 Å². The largest absolute Gasteiger partial charge is 0.468 e. The molecular formula is C21H26O6S. The summed E-state index contributed by atoms with van der Waals surface area (Å²) >= 11 is 0. The van der Waals surface area contributed by atoms with Crippen molar-refractivity contribution >= 4 is 21.8 Å². The first-order chi connectivity index (χ1) is 13.2. The van der Waals surface area contributed by atoms with E-state index in [9.17, 15) is 18.0 Å². The van der Waals surface area contributed by atoms with Crippen molar-refractivity contribution in [3.8, 4) is 0 Å². The van der Waals surface area contributed by atoms with E-state index >= 15 is 0 Å². The number of rotatable bonds is 7. The maximum absolute atomic E-state index is 12.8. The van der Waals surface area contributed by atoms with E-state index in [1.54, 1.807) is 19.1 Å². The van der Waals surface area contributed by atoms with E-state index in [1.807, 2.05) is 13.0 Å². The number of sulfone groups is 1. The maximum atomic E-state index is 12.8.